The van der Waals surface area contributed by atoms with Gasteiger partial charge in [-0.05, 0) is 43.3 Å². The number of hydrogen-bond donors (Lipinski definition) is 1. The molecule has 0 unspecified atom stereocenters. The number of fused-ring (bicyclic) bond motifs is 1. The highest BCUT2D eigenvalue weighted by atomic mass is 35.5. The summed E-state index contributed by atoms with van der Waals surface area (Å²) in [7, 11) is -3.34. The van der Waals surface area contributed by atoms with Crippen molar-refractivity contribution in [3.8, 4) is 5.75 Å². The number of piperazine rings is 1. The van der Waals surface area contributed by atoms with Gasteiger partial charge in [-0.2, -0.15) is 0 Å². The number of carbonyl (C=O) groups is 1. The average Bonchev–Trinajstić information content (AvgIpc) is 3.28. The number of nitrogens with zero attached hydrogens (tertiary/aromatic N) is 3. The summed E-state index contributed by atoms with van der Waals surface area (Å²) in [5.74, 6) is 0.624. The number of sulfone groups is 1. The van der Waals surface area contributed by atoms with E-state index in [9.17, 15) is 13.2 Å². The Morgan fingerprint density at radius 1 is 1.11 bits per heavy atom. The van der Waals surface area contributed by atoms with Crippen molar-refractivity contribution >= 4 is 54.8 Å². The van der Waals surface area contributed by atoms with Gasteiger partial charge in [0.05, 0.1) is 27.5 Å². The summed E-state index contributed by atoms with van der Waals surface area (Å²) in [5.41, 5.74) is 1.35. The Hall–Kier alpha value is -2.40. The molecule has 1 aliphatic rings. The highest BCUT2D eigenvalue weighted by Gasteiger charge is 2.20. The van der Waals surface area contributed by atoms with Crippen molar-refractivity contribution in [1.82, 2.24) is 15.2 Å². The molecule has 0 atom stereocenters. The SMILES string of the molecule is CCOc1ccc2nc(N3CCN(CCNC(=O)c4cccc(S(=O)(=O)CC)c4)CC3)sc2c1.Cl. The zero-order valence-corrected chi connectivity index (χ0v) is 22.3. The van der Waals surface area contributed by atoms with Crippen molar-refractivity contribution < 1.29 is 17.9 Å². The number of amides is 1. The van der Waals surface area contributed by atoms with E-state index in [1.165, 1.54) is 12.1 Å². The normalized spacial score (nSPS) is 14.5. The van der Waals surface area contributed by atoms with E-state index in [1.54, 1.807) is 30.4 Å². The van der Waals surface area contributed by atoms with E-state index in [0.717, 1.165) is 53.8 Å². The van der Waals surface area contributed by atoms with Gasteiger partial charge in [0.25, 0.3) is 5.91 Å². The van der Waals surface area contributed by atoms with Crippen LogP contribution in [-0.2, 0) is 9.84 Å². The predicted octanol–water partition coefficient (Wildman–Crippen LogP) is 3.46. The number of thiazole rings is 1. The van der Waals surface area contributed by atoms with Gasteiger partial charge in [0.2, 0.25) is 0 Å². The molecule has 0 saturated carbocycles. The Morgan fingerprint density at radius 3 is 2.60 bits per heavy atom. The van der Waals surface area contributed by atoms with Crippen LogP contribution in [0.3, 0.4) is 0 Å². The molecule has 190 valence electrons. The fraction of sp³-hybridized carbons (Fsp3) is 0.417. The molecule has 11 heteroatoms. The number of aromatic nitrogens is 1. The van der Waals surface area contributed by atoms with Crippen molar-refractivity contribution in [3.63, 3.8) is 0 Å². The molecule has 2 aromatic carbocycles. The van der Waals surface area contributed by atoms with Gasteiger partial charge >= 0.3 is 0 Å². The lowest BCUT2D eigenvalue weighted by Gasteiger charge is -2.34. The van der Waals surface area contributed by atoms with Gasteiger partial charge in [0.15, 0.2) is 15.0 Å². The van der Waals surface area contributed by atoms with Crippen LogP contribution in [0, 0.1) is 0 Å². The van der Waals surface area contributed by atoms with E-state index in [0.29, 0.717) is 18.7 Å². The van der Waals surface area contributed by atoms with E-state index in [4.69, 9.17) is 9.72 Å². The van der Waals surface area contributed by atoms with Crippen LogP contribution in [0.4, 0.5) is 5.13 Å². The lowest BCUT2D eigenvalue weighted by Crippen LogP contribution is -2.48. The van der Waals surface area contributed by atoms with Gasteiger partial charge in [0.1, 0.15) is 5.75 Å². The number of halogens is 1. The molecule has 1 amide bonds. The smallest absolute Gasteiger partial charge is 0.251 e. The molecule has 3 aromatic rings. The number of benzene rings is 2. The highest BCUT2D eigenvalue weighted by molar-refractivity contribution is 7.91. The quantitative estimate of drug-likeness (QED) is 0.446. The predicted molar refractivity (Wildman–Crippen MR) is 143 cm³/mol. The summed E-state index contributed by atoms with van der Waals surface area (Å²) >= 11 is 1.69. The number of nitrogens with one attached hydrogen (secondary N) is 1. The molecule has 1 N–H and O–H groups in total. The Balaban J connectivity index is 0.00000342. The summed E-state index contributed by atoms with van der Waals surface area (Å²) in [6.45, 7) is 9.00. The Kier molecular flexibility index (Phi) is 9.34. The molecule has 8 nitrogen and oxygen atoms in total. The van der Waals surface area contributed by atoms with E-state index in [-0.39, 0.29) is 29.0 Å². The number of anilines is 1. The van der Waals surface area contributed by atoms with Crippen LogP contribution in [0.25, 0.3) is 10.2 Å². The number of ether oxygens (including phenoxy) is 1. The molecule has 4 rings (SSSR count). The van der Waals surface area contributed by atoms with Crippen LogP contribution in [0.1, 0.15) is 24.2 Å². The summed E-state index contributed by atoms with van der Waals surface area (Å²) in [6.07, 6.45) is 0. The first-order valence-electron chi connectivity index (χ1n) is 11.5. The summed E-state index contributed by atoms with van der Waals surface area (Å²) in [4.78, 5) is 22.1. The van der Waals surface area contributed by atoms with Crippen LogP contribution in [0.2, 0.25) is 0 Å². The summed E-state index contributed by atoms with van der Waals surface area (Å²) in [6, 6.07) is 12.2. The Morgan fingerprint density at radius 2 is 1.89 bits per heavy atom. The third-order valence-corrected chi connectivity index (χ3v) is 8.66. The van der Waals surface area contributed by atoms with Gasteiger partial charge < -0.3 is 15.0 Å². The standard InChI is InChI=1S/C24H30N4O4S2.ClH/c1-3-32-19-8-9-21-22(17-19)33-24(26-21)28-14-12-27(13-15-28)11-10-25-23(29)18-6-5-7-20(16-18)34(30,31)4-2;/h5-9,16-17H,3-4,10-15H2,1-2H3,(H,25,29);1H. The monoisotopic (exact) mass is 538 g/mol. The molecule has 0 aliphatic carbocycles. The molecular weight excluding hydrogens is 508 g/mol. The number of rotatable bonds is 9. The zero-order valence-electron chi connectivity index (χ0n) is 19.9. The Bertz CT molecular complexity index is 1260. The first-order chi connectivity index (χ1) is 16.4. The first kappa shape index (κ1) is 27.2. The number of hydrogen-bond acceptors (Lipinski definition) is 8. The van der Waals surface area contributed by atoms with Crippen molar-refractivity contribution in [3.05, 3.63) is 48.0 Å². The molecule has 35 heavy (non-hydrogen) atoms. The summed E-state index contributed by atoms with van der Waals surface area (Å²) < 4.78 is 30.9. The maximum Gasteiger partial charge on any atom is 0.251 e. The fourth-order valence-electron chi connectivity index (χ4n) is 3.87. The third kappa shape index (κ3) is 6.63. The van der Waals surface area contributed by atoms with E-state index in [2.05, 4.69) is 15.1 Å². The lowest BCUT2D eigenvalue weighted by molar-refractivity contribution is 0.0947. The third-order valence-electron chi connectivity index (χ3n) is 5.85. The van der Waals surface area contributed by atoms with Gasteiger partial charge in [-0.15, -0.1) is 12.4 Å². The van der Waals surface area contributed by atoms with E-state index < -0.39 is 9.84 Å². The summed E-state index contributed by atoms with van der Waals surface area (Å²) in [5, 5.41) is 3.93. The second-order valence-electron chi connectivity index (χ2n) is 8.07. The number of carbonyl (C=O) groups excluding carboxylic acids is 1. The molecule has 0 bridgehead atoms. The Labute approximate surface area is 216 Å². The average molecular weight is 539 g/mol. The maximum absolute atomic E-state index is 12.5. The zero-order chi connectivity index (χ0) is 24.1. The molecular formula is C24H31ClN4O4S2. The minimum absolute atomic E-state index is 0. The molecule has 0 radical (unpaired) electrons. The van der Waals surface area contributed by atoms with Gasteiger partial charge in [-0.3, -0.25) is 9.69 Å². The molecule has 1 aliphatic heterocycles. The van der Waals surface area contributed by atoms with Crippen LogP contribution in [0.15, 0.2) is 47.4 Å². The van der Waals surface area contributed by atoms with Crippen molar-refractivity contribution in [2.45, 2.75) is 18.7 Å². The second kappa shape index (κ2) is 12.0. The molecule has 1 aromatic heterocycles. The van der Waals surface area contributed by atoms with Crippen LogP contribution in [-0.4, -0.2) is 75.8 Å². The molecule has 2 heterocycles. The van der Waals surface area contributed by atoms with Crippen LogP contribution in [0.5, 0.6) is 5.75 Å². The van der Waals surface area contributed by atoms with Gasteiger partial charge in [-0.1, -0.05) is 24.3 Å². The van der Waals surface area contributed by atoms with Crippen molar-refractivity contribution in [1.29, 1.82) is 0 Å². The molecule has 1 fully saturated rings. The van der Waals surface area contributed by atoms with Crippen molar-refractivity contribution in [2.24, 2.45) is 0 Å². The topological polar surface area (TPSA) is 91.8 Å². The van der Waals surface area contributed by atoms with Crippen LogP contribution < -0.4 is 15.0 Å². The van der Waals surface area contributed by atoms with Gasteiger partial charge in [-0.25, -0.2) is 13.4 Å². The first-order valence-corrected chi connectivity index (χ1v) is 14.0. The largest absolute Gasteiger partial charge is 0.494 e. The minimum atomic E-state index is -3.34. The highest BCUT2D eigenvalue weighted by Crippen LogP contribution is 2.32. The fourth-order valence-corrected chi connectivity index (χ4v) is 5.85. The van der Waals surface area contributed by atoms with Crippen LogP contribution >= 0.6 is 23.7 Å². The minimum Gasteiger partial charge on any atom is -0.494 e. The van der Waals surface area contributed by atoms with E-state index in [1.807, 2.05) is 25.1 Å². The molecule has 1 saturated heterocycles. The second-order valence-corrected chi connectivity index (χ2v) is 11.4. The van der Waals surface area contributed by atoms with E-state index >= 15 is 0 Å². The van der Waals surface area contributed by atoms with Crippen molar-refractivity contribution in [2.75, 3.05) is 56.5 Å². The molecule has 0 spiro atoms. The lowest BCUT2D eigenvalue weighted by atomic mass is 10.2. The maximum atomic E-state index is 12.5. The van der Waals surface area contributed by atoms with Gasteiger partial charge in [0, 0.05) is 44.8 Å².